The molecule has 1 atom stereocenters. The number of nitrogens with zero attached hydrogens (tertiary/aromatic N) is 4. The maximum absolute atomic E-state index is 13.3. The SMILES string of the molecule is O=C(C[C@]1(COc2ccc(Cl)cc2)CN(Cc2cnn(Cc3ccccc3)c2)CCO1)N1CCCCC1. The molecule has 7 nitrogen and oxygen atoms in total. The van der Waals surface area contributed by atoms with Gasteiger partial charge in [-0.05, 0) is 49.1 Å². The van der Waals surface area contributed by atoms with Crippen molar-refractivity contribution in [3.05, 3.63) is 83.1 Å². The Morgan fingerprint density at radius 2 is 1.76 bits per heavy atom. The number of morpholine rings is 1. The summed E-state index contributed by atoms with van der Waals surface area (Å²) in [5.41, 5.74) is 1.65. The van der Waals surface area contributed by atoms with Gasteiger partial charge in [-0.2, -0.15) is 5.10 Å². The predicted octanol–water partition coefficient (Wildman–Crippen LogP) is 4.64. The van der Waals surface area contributed by atoms with E-state index in [9.17, 15) is 4.79 Å². The maximum Gasteiger partial charge on any atom is 0.225 e. The van der Waals surface area contributed by atoms with Crippen molar-refractivity contribution in [1.29, 1.82) is 0 Å². The molecule has 2 saturated heterocycles. The number of amides is 1. The summed E-state index contributed by atoms with van der Waals surface area (Å²) in [6.45, 7) is 5.42. The molecule has 1 amide bonds. The molecule has 0 unspecified atom stereocenters. The van der Waals surface area contributed by atoms with E-state index in [1.807, 2.05) is 58.2 Å². The van der Waals surface area contributed by atoms with Crippen molar-refractivity contribution >= 4 is 17.5 Å². The number of likely N-dealkylation sites (tertiary alicyclic amines) is 1. The standard InChI is InChI=1S/C29H35ClN4O3/c30-26-9-11-27(12-10-26)36-23-29(17-28(35)33-13-5-2-6-14-33)22-32(15-16-37-29)19-25-18-31-34(21-25)20-24-7-3-1-4-8-24/h1,3-4,7-12,18,21H,2,5-6,13-17,19-20,22-23H2/t29-/m1/s1. The normalized spacial score (nSPS) is 20.6. The van der Waals surface area contributed by atoms with Gasteiger partial charge in [0.2, 0.25) is 5.91 Å². The Morgan fingerprint density at radius 3 is 2.54 bits per heavy atom. The van der Waals surface area contributed by atoms with Crippen molar-refractivity contribution in [2.75, 3.05) is 39.4 Å². The molecule has 1 aromatic heterocycles. The first-order valence-electron chi connectivity index (χ1n) is 13.1. The molecule has 2 aliphatic rings. The van der Waals surface area contributed by atoms with Crippen LogP contribution in [0.2, 0.25) is 5.02 Å². The molecule has 0 saturated carbocycles. The lowest BCUT2D eigenvalue weighted by molar-refractivity contribution is -0.157. The molecular formula is C29H35ClN4O3. The lowest BCUT2D eigenvalue weighted by Gasteiger charge is -2.43. The average Bonchev–Trinajstić information content (AvgIpc) is 3.36. The van der Waals surface area contributed by atoms with Crippen LogP contribution in [-0.4, -0.2) is 70.5 Å². The average molecular weight is 523 g/mol. The molecule has 37 heavy (non-hydrogen) atoms. The Bertz CT molecular complexity index is 1150. The van der Waals surface area contributed by atoms with E-state index in [0.29, 0.717) is 31.2 Å². The van der Waals surface area contributed by atoms with Crippen LogP contribution in [0.4, 0.5) is 0 Å². The Labute approximate surface area is 223 Å². The summed E-state index contributed by atoms with van der Waals surface area (Å²) >= 11 is 6.04. The number of halogens is 1. The molecule has 0 spiro atoms. The molecule has 2 aliphatic heterocycles. The summed E-state index contributed by atoms with van der Waals surface area (Å²) in [6, 6.07) is 17.7. The van der Waals surface area contributed by atoms with Crippen LogP contribution in [0, 0.1) is 0 Å². The molecule has 2 fully saturated rings. The monoisotopic (exact) mass is 522 g/mol. The van der Waals surface area contributed by atoms with Gasteiger partial charge in [0.15, 0.2) is 0 Å². The van der Waals surface area contributed by atoms with E-state index in [0.717, 1.165) is 56.9 Å². The fourth-order valence-corrected chi connectivity index (χ4v) is 5.31. The number of benzene rings is 2. The summed E-state index contributed by atoms with van der Waals surface area (Å²) in [7, 11) is 0. The van der Waals surface area contributed by atoms with Crippen molar-refractivity contribution in [2.24, 2.45) is 0 Å². The molecule has 8 heteroatoms. The second-order valence-electron chi connectivity index (χ2n) is 10.1. The van der Waals surface area contributed by atoms with Crippen LogP contribution >= 0.6 is 11.6 Å². The van der Waals surface area contributed by atoms with Gasteiger partial charge >= 0.3 is 0 Å². The van der Waals surface area contributed by atoms with Crippen LogP contribution in [0.1, 0.15) is 36.8 Å². The first kappa shape index (κ1) is 25.8. The maximum atomic E-state index is 13.3. The van der Waals surface area contributed by atoms with Crippen molar-refractivity contribution in [3.8, 4) is 5.75 Å². The van der Waals surface area contributed by atoms with Gasteiger partial charge in [0.05, 0.1) is 25.8 Å². The van der Waals surface area contributed by atoms with Crippen LogP contribution < -0.4 is 4.74 Å². The van der Waals surface area contributed by atoms with E-state index in [4.69, 9.17) is 21.1 Å². The Balaban J connectivity index is 1.26. The fraction of sp³-hybridized carbons (Fsp3) is 0.448. The first-order valence-corrected chi connectivity index (χ1v) is 13.5. The highest BCUT2D eigenvalue weighted by Crippen LogP contribution is 2.27. The van der Waals surface area contributed by atoms with Gasteiger partial charge in [0.1, 0.15) is 18.0 Å². The summed E-state index contributed by atoms with van der Waals surface area (Å²) < 4.78 is 14.5. The molecule has 3 aromatic rings. The van der Waals surface area contributed by atoms with Crippen LogP contribution in [-0.2, 0) is 22.6 Å². The molecule has 0 N–H and O–H groups in total. The number of carbonyl (C=O) groups is 1. The van der Waals surface area contributed by atoms with E-state index in [2.05, 4.69) is 28.3 Å². The molecular weight excluding hydrogens is 488 g/mol. The van der Waals surface area contributed by atoms with Gasteiger partial charge in [-0.3, -0.25) is 14.4 Å². The van der Waals surface area contributed by atoms with Gasteiger partial charge in [-0.25, -0.2) is 0 Å². The zero-order valence-corrected chi connectivity index (χ0v) is 22.0. The summed E-state index contributed by atoms with van der Waals surface area (Å²) in [5.74, 6) is 0.869. The minimum absolute atomic E-state index is 0.150. The van der Waals surface area contributed by atoms with Crippen molar-refractivity contribution < 1.29 is 14.3 Å². The number of piperidine rings is 1. The lowest BCUT2D eigenvalue weighted by Crippen LogP contribution is -2.57. The Kier molecular flexibility index (Phi) is 8.44. The highest BCUT2D eigenvalue weighted by atomic mass is 35.5. The zero-order valence-electron chi connectivity index (χ0n) is 21.2. The molecule has 196 valence electrons. The minimum Gasteiger partial charge on any atom is -0.491 e. The number of ether oxygens (including phenoxy) is 2. The predicted molar refractivity (Wildman–Crippen MR) is 144 cm³/mol. The van der Waals surface area contributed by atoms with Crippen LogP contribution in [0.3, 0.4) is 0 Å². The summed E-state index contributed by atoms with van der Waals surface area (Å²) in [6.07, 6.45) is 7.68. The van der Waals surface area contributed by atoms with Crippen molar-refractivity contribution in [3.63, 3.8) is 0 Å². The summed E-state index contributed by atoms with van der Waals surface area (Å²) in [4.78, 5) is 17.6. The van der Waals surface area contributed by atoms with E-state index in [1.165, 1.54) is 12.0 Å². The van der Waals surface area contributed by atoms with Crippen LogP contribution in [0.25, 0.3) is 0 Å². The van der Waals surface area contributed by atoms with E-state index < -0.39 is 5.60 Å². The number of aromatic nitrogens is 2. The second kappa shape index (κ2) is 12.1. The third-order valence-corrected chi connectivity index (χ3v) is 7.36. The van der Waals surface area contributed by atoms with Gasteiger partial charge in [-0.15, -0.1) is 0 Å². The lowest BCUT2D eigenvalue weighted by atomic mass is 9.96. The molecule has 0 bridgehead atoms. The molecule has 3 heterocycles. The number of rotatable bonds is 9. The molecule has 0 aliphatic carbocycles. The van der Waals surface area contributed by atoms with Gasteiger partial charge in [0.25, 0.3) is 0 Å². The van der Waals surface area contributed by atoms with Gasteiger partial charge in [0, 0.05) is 49.5 Å². The zero-order chi connectivity index (χ0) is 25.5. The third kappa shape index (κ3) is 7.12. The molecule has 5 rings (SSSR count). The quantitative estimate of drug-likeness (QED) is 0.410. The third-order valence-electron chi connectivity index (χ3n) is 7.11. The number of carbonyl (C=O) groups excluding carboxylic acids is 1. The highest BCUT2D eigenvalue weighted by molar-refractivity contribution is 6.30. The van der Waals surface area contributed by atoms with E-state index >= 15 is 0 Å². The minimum atomic E-state index is -0.716. The first-order chi connectivity index (χ1) is 18.1. The number of hydrogen-bond acceptors (Lipinski definition) is 5. The van der Waals surface area contributed by atoms with E-state index in [-0.39, 0.29) is 5.91 Å². The summed E-state index contributed by atoms with van der Waals surface area (Å²) in [5, 5.41) is 5.23. The highest BCUT2D eigenvalue weighted by Gasteiger charge is 2.41. The van der Waals surface area contributed by atoms with Gasteiger partial charge in [-0.1, -0.05) is 41.9 Å². The number of hydrogen-bond donors (Lipinski definition) is 0. The Hall–Kier alpha value is -2.87. The fourth-order valence-electron chi connectivity index (χ4n) is 5.18. The largest absolute Gasteiger partial charge is 0.491 e. The van der Waals surface area contributed by atoms with Crippen molar-refractivity contribution in [1.82, 2.24) is 19.6 Å². The second-order valence-corrected chi connectivity index (χ2v) is 10.6. The molecule has 0 radical (unpaired) electrons. The smallest absolute Gasteiger partial charge is 0.225 e. The topological polar surface area (TPSA) is 59.8 Å². The van der Waals surface area contributed by atoms with E-state index in [1.54, 1.807) is 0 Å². The molecule has 2 aromatic carbocycles. The van der Waals surface area contributed by atoms with Crippen LogP contribution in [0.15, 0.2) is 67.0 Å². The van der Waals surface area contributed by atoms with Gasteiger partial charge < -0.3 is 14.4 Å². The Morgan fingerprint density at radius 1 is 0.973 bits per heavy atom. The van der Waals surface area contributed by atoms with Crippen molar-refractivity contribution in [2.45, 2.75) is 44.4 Å². The van der Waals surface area contributed by atoms with Crippen LogP contribution in [0.5, 0.6) is 5.75 Å².